The van der Waals surface area contributed by atoms with Gasteiger partial charge in [0.05, 0.1) is 24.7 Å². The van der Waals surface area contributed by atoms with Gasteiger partial charge in [0.2, 0.25) is 0 Å². The molecule has 0 aliphatic heterocycles. The van der Waals surface area contributed by atoms with E-state index in [9.17, 15) is 18.0 Å². The summed E-state index contributed by atoms with van der Waals surface area (Å²) >= 11 is 0. The van der Waals surface area contributed by atoms with Crippen LogP contribution in [0.3, 0.4) is 0 Å². The van der Waals surface area contributed by atoms with Crippen LogP contribution < -0.4 is 4.74 Å². The number of carbonyl (C=O) groups is 1. The van der Waals surface area contributed by atoms with E-state index in [0.717, 1.165) is 0 Å². The van der Waals surface area contributed by atoms with Crippen molar-refractivity contribution < 1.29 is 27.4 Å². The molecule has 0 aliphatic carbocycles. The van der Waals surface area contributed by atoms with Crippen LogP contribution in [0.15, 0.2) is 30.5 Å². The van der Waals surface area contributed by atoms with Gasteiger partial charge in [-0.3, -0.25) is 0 Å². The number of methoxy groups -OCH3 is 1. The van der Waals surface area contributed by atoms with E-state index < -0.39 is 12.3 Å². The van der Waals surface area contributed by atoms with Crippen molar-refractivity contribution in [1.82, 2.24) is 9.78 Å². The van der Waals surface area contributed by atoms with Crippen LogP contribution in [0.5, 0.6) is 5.75 Å². The van der Waals surface area contributed by atoms with Crippen LogP contribution in [0.4, 0.5) is 13.2 Å². The maximum absolute atomic E-state index is 12.1. The monoisotopic (exact) mass is 300 g/mol. The standard InChI is InChI=1S/C13H11F3N2O3/c1-8-11(12(19)20-2)7-17-18(8)9-3-5-10(6-4-9)21-13(14,15)16/h3-7H,1-2H3. The van der Waals surface area contributed by atoms with E-state index in [1.165, 1.54) is 42.3 Å². The predicted octanol–water partition coefficient (Wildman–Crippen LogP) is 2.87. The number of aromatic nitrogens is 2. The van der Waals surface area contributed by atoms with Crippen molar-refractivity contribution in [2.75, 3.05) is 7.11 Å². The average Bonchev–Trinajstić information content (AvgIpc) is 2.79. The fraction of sp³-hybridized carbons (Fsp3) is 0.231. The number of ether oxygens (including phenoxy) is 2. The minimum absolute atomic E-state index is 0.285. The van der Waals surface area contributed by atoms with E-state index in [2.05, 4.69) is 14.6 Å². The van der Waals surface area contributed by atoms with E-state index in [4.69, 9.17) is 0 Å². The fourth-order valence-corrected chi connectivity index (χ4v) is 1.77. The Bertz CT molecular complexity index is 648. The summed E-state index contributed by atoms with van der Waals surface area (Å²) in [6.45, 7) is 1.65. The van der Waals surface area contributed by atoms with Crippen molar-refractivity contribution in [3.8, 4) is 11.4 Å². The lowest BCUT2D eigenvalue weighted by Crippen LogP contribution is -2.17. The number of benzene rings is 1. The number of carbonyl (C=O) groups excluding carboxylic acids is 1. The molecule has 112 valence electrons. The van der Waals surface area contributed by atoms with Gasteiger partial charge in [-0.25, -0.2) is 9.48 Å². The zero-order valence-corrected chi connectivity index (χ0v) is 11.1. The molecule has 1 aromatic heterocycles. The van der Waals surface area contributed by atoms with Gasteiger partial charge in [-0.05, 0) is 31.2 Å². The smallest absolute Gasteiger partial charge is 0.465 e. The molecule has 0 radical (unpaired) electrons. The van der Waals surface area contributed by atoms with Crippen LogP contribution in [-0.2, 0) is 4.74 Å². The van der Waals surface area contributed by atoms with Crippen LogP contribution in [0.25, 0.3) is 5.69 Å². The lowest BCUT2D eigenvalue weighted by atomic mass is 10.2. The highest BCUT2D eigenvalue weighted by molar-refractivity contribution is 5.90. The van der Waals surface area contributed by atoms with Gasteiger partial charge in [0.15, 0.2) is 0 Å². The second kappa shape index (κ2) is 5.47. The van der Waals surface area contributed by atoms with Crippen molar-refractivity contribution in [3.05, 3.63) is 41.7 Å². The summed E-state index contributed by atoms with van der Waals surface area (Å²) < 4.78 is 46.0. The molecule has 5 nitrogen and oxygen atoms in total. The Kier molecular flexibility index (Phi) is 3.88. The molecule has 1 aromatic carbocycles. The molecule has 2 rings (SSSR count). The van der Waals surface area contributed by atoms with Crippen molar-refractivity contribution in [1.29, 1.82) is 0 Å². The molecule has 21 heavy (non-hydrogen) atoms. The van der Waals surface area contributed by atoms with Crippen molar-refractivity contribution >= 4 is 5.97 Å². The molecular formula is C13H11F3N2O3. The summed E-state index contributed by atoms with van der Waals surface area (Å²) in [6.07, 6.45) is -3.40. The van der Waals surface area contributed by atoms with Gasteiger partial charge in [0.1, 0.15) is 11.3 Å². The summed E-state index contributed by atoms with van der Waals surface area (Å²) in [5.41, 5.74) is 1.30. The van der Waals surface area contributed by atoms with E-state index in [0.29, 0.717) is 11.4 Å². The van der Waals surface area contributed by atoms with E-state index >= 15 is 0 Å². The third-order valence-corrected chi connectivity index (χ3v) is 2.73. The van der Waals surface area contributed by atoms with Crippen molar-refractivity contribution in [2.45, 2.75) is 13.3 Å². The first-order chi connectivity index (χ1) is 9.81. The van der Waals surface area contributed by atoms with Gasteiger partial charge in [0, 0.05) is 0 Å². The Labute approximate surface area is 117 Å². The molecule has 8 heteroatoms. The van der Waals surface area contributed by atoms with Gasteiger partial charge in [-0.2, -0.15) is 5.10 Å². The van der Waals surface area contributed by atoms with Crippen molar-refractivity contribution in [2.24, 2.45) is 0 Å². The third-order valence-electron chi connectivity index (χ3n) is 2.73. The molecule has 0 aliphatic rings. The molecule has 1 heterocycles. The number of hydrogen-bond acceptors (Lipinski definition) is 4. The Hall–Kier alpha value is -2.51. The van der Waals surface area contributed by atoms with Gasteiger partial charge in [-0.1, -0.05) is 0 Å². The predicted molar refractivity (Wildman–Crippen MR) is 66.3 cm³/mol. The minimum atomic E-state index is -4.73. The topological polar surface area (TPSA) is 53.3 Å². The maximum atomic E-state index is 12.1. The molecule has 0 unspecified atom stereocenters. The zero-order chi connectivity index (χ0) is 15.6. The van der Waals surface area contributed by atoms with E-state index in [-0.39, 0.29) is 11.3 Å². The lowest BCUT2D eigenvalue weighted by molar-refractivity contribution is -0.274. The highest BCUT2D eigenvalue weighted by atomic mass is 19.4. The third kappa shape index (κ3) is 3.33. The Morgan fingerprint density at radius 1 is 1.24 bits per heavy atom. The highest BCUT2D eigenvalue weighted by Gasteiger charge is 2.31. The zero-order valence-electron chi connectivity index (χ0n) is 11.1. The second-order valence-electron chi connectivity index (χ2n) is 4.09. The van der Waals surface area contributed by atoms with Crippen LogP contribution in [0, 0.1) is 6.92 Å². The Balaban J connectivity index is 2.27. The lowest BCUT2D eigenvalue weighted by Gasteiger charge is -2.10. The Morgan fingerprint density at radius 2 is 1.86 bits per heavy atom. The molecular weight excluding hydrogens is 289 g/mol. The quantitative estimate of drug-likeness (QED) is 0.818. The molecule has 0 fully saturated rings. The van der Waals surface area contributed by atoms with Crippen LogP contribution in [0.2, 0.25) is 0 Å². The summed E-state index contributed by atoms with van der Waals surface area (Å²) in [7, 11) is 1.25. The molecule has 0 saturated heterocycles. The number of hydrogen-bond donors (Lipinski definition) is 0. The molecule has 0 spiro atoms. The summed E-state index contributed by atoms with van der Waals surface area (Å²) in [4.78, 5) is 11.5. The van der Waals surface area contributed by atoms with Crippen molar-refractivity contribution in [3.63, 3.8) is 0 Å². The number of nitrogens with zero attached hydrogens (tertiary/aromatic N) is 2. The molecule has 0 bridgehead atoms. The number of alkyl halides is 3. The van der Waals surface area contributed by atoms with Crippen LogP contribution in [-0.4, -0.2) is 29.2 Å². The van der Waals surface area contributed by atoms with Crippen LogP contribution in [0.1, 0.15) is 16.1 Å². The Morgan fingerprint density at radius 3 is 2.38 bits per heavy atom. The summed E-state index contributed by atoms with van der Waals surface area (Å²) in [5, 5.41) is 4.01. The number of halogens is 3. The first-order valence-electron chi connectivity index (χ1n) is 5.81. The first-order valence-corrected chi connectivity index (χ1v) is 5.81. The molecule has 0 N–H and O–H groups in total. The van der Waals surface area contributed by atoms with Gasteiger partial charge >= 0.3 is 12.3 Å². The number of esters is 1. The van der Waals surface area contributed by atoms with Crippen LogP contribution >= 0.6 is 0 Å². The SMILES string of the molecule is COC(=O)c1cnn(-c2ccc(OC(F)(F)F)cc2)c1C. The molecule has 0 amide bonds. The van der Waals surface area contributed by atoms with E-state index in [1.54, 1.807) is 6.92 Å². The molecule has 0 saturated carbocycles. The highest BCUT2D eigenvalue weighted by Crippen LogP contribution is 2.24. The molecule has 2 aromatic rings. The van der Waals surface area contributed by atoms with E-state index in [1.807, 2.05) is 0 Å². The van der Waals surface area contributed by atoms with Gasteiger partial charge in [-0.15, -0.1) is 13.2 Å². The molecule has 0 atom stereocenters. The van der Waals surface area contributed by atoms with Gasteiger partial charge < -0.3 is 9.47 Å². The largest absolute Gasteiger partial charge is 0.573 e. The average molecular weight is 300 g/mol. The number of rotatable bonds is 3. The second-order valence-corrected chi connectivity index (χ2v) is 4.09. The summed E-state index contributed by atoms with van der Waals surface area (Å²) in [5.74, 6) is -0.861. The normalized spacial score (nSPS) is 11.3. The maximum Gasteiger partial charge on any atom is 0.573 e. The fourth-order valence-electron chi connectivity index (χ4n) is 1.77. The minimum Gasteiger partial charge on any atom is -0.465 e. The first kappa shape index (κ1) is 14.9. The van der Waals surface area contributed by atoms with Gasteiger partial charge in [0.25, 0.3) is 0 Å². The summed E-state index contributed by atoms with van der Waals surface area (Å²) in [6, 6.07) is 5.15.